The van der Waals surface area contributed by atoms with Gasteiger partial charge >= 0.3 is 0 Å². The molecule has 0 spiro atoms. The van der Waals surface area contributed by atoms with Crippen molar-refractivity contribution in [1.82, 2.24) is 0 Å². The van der Waals surface area contributed by atoms with Gasteiger partial charge in [-0.15, -0.1) is 0 Å². The third kappa shape index (κ3) is 2.90. The molecule has 1 saturated heterocycles. The van der Waals surface area contributed by atoms with Gasteiger partial charge in [-0.1, -0.05) is 35.9 Å². The van der Waals surface area contributed by atoms with E-state index < -0.39 is 9.84 Å². The molecule has 1 heterocycles. The molecule has 1 aliphatic carbocycles. The quantitative estimate of drug-likeness (QED) is 0.572. The Labute approximate surface area is 111 Å². The summed E-state index contributed by atoms with van der Waals surface area (Å²) in [5.41, 5.74) is 0. The number of ether oxygens (including phenoxy) is 1. The summed E-state index contributed by atoms with van der Waals surface area (Å²) in [6.45, 7) is 2.13. The standard InChI is InChI=1S/C11H19IO3S/c1-2-10(8-4-3-5-8)15-11-7-16(13,14)6-9(11)12/h8-11H,2-7H2,1H3. The van der Waals surface area contributed by atoms with Crippen molar-refractivity contribution in [3.8, 4) is 0 Å². The summed E-state index contributed by atoms with van der Waals surface area (Å²) in [5, 5.41) is 0. The van der Waals surface area contributed by atoms with Gasteiger partial charge in [0.2, 0.25) is 0 Å². The van der Waals surface area contributed by atoms with Crippen molar-refractivity contribution >= 4 is 32.4 Å². The van der Waals surface area contributed by atoms with Crippen molar-refractivity contribution in [2.75, 3.05) is 11.5 Å². The molecule has 94 valence electrons. The van der Waals surface area contributed by atoms with Gasteiger partial charge in [-0.3, -0.25) is 0 Å². The second kappa shape index (κ2) is 5.10. The van der Waals surface area contributed by atoms with Gasteiger partial charge in [-0.2, -0.15) is 0 Å². The third-order valence-corrected chi connectivity index (χ3v) is 7.21. The maximum Gasteiger partial charge on any atom is 0.154 e. The second-order valence-electron chi connectivity index (χ2n) is 4.91. The van der Waals surface area contributed by atoms with Crippen LogP contribution in [0.1, 0.15) is 32.6 Å². The van der Waals surface area contributed by atoms with Gasteiger partial charge in [0.1, 0.15) is 0 Å². The van der Waals surface area contributed by atoms with E-state index in [9.17, 15) is 8.42 Å². The zero-order valence-corrected chi connectivity index (χ0v) is 12.5. The van der Waals surface area contributed by atoms with Crippen LogP contribution >= 0.6 is 22.6 Å². The smallest absolute Gasteiger partial charge is 0.154 e. The minimum Gasteiger partial charge on any atom is -0.373 e. The third-order valence-electron chi connectivity index (χ3n) is 3.66. The molecule has 3 nitrogen and oxygen atoms in total. The molecule has 0 bridgehead atoms. The van der Waals surface area contributed by atoms with Crippen molar-refractivity contribution in [2.45, 2.75) is 48.7 Å². The van der Waals surface area contributed by atoms with Gasteiger partial charge in [-0.25, -0.2) is 8.42 Å². The van der Waals surface area contributed by atoms with Crippen LogP contribution < -0.4 is 0 Å². The average Bonchev–Trinajstić information content (AvgIpc) is 2.35. The molecule has 1 aliphatic heterocycles. The zero-order valence-electron chi connectivity index (χ0n) is 9.56. The lowest BCUT2D eigenvalue weighted by molar-refractivity contribution is -0.0491. The van der Waals surface area contributed by atoms with E-state index >= 15 is 0 Å². The van der Waals surface area contributed by atoms with Gasteiger partial charge in [0.25, 0.3) is 0 Å². The van der Waals surface area contributed by atoms with E-state index in [1.165, 1.54) is 19.3 Å². The Morgan fingerprint density at radius 1 is 1.38 bits per heavy atom. The fraction of sp³-hybridized carbons (Fsp3) is 1.00. The molecule has 0 aromatic rings. The molecule has 0 radical (unpaired) electrons. The summed E-state index contributed by atoms with van der Waals surface area (Å²) < 4.78 is 29.1. The first-order valence-corrected chi connectivity index (χ1v) is 9.08. The summed E-state index contributed by atoms with van der Waals surface area (Å²) in [4.78, 5) is 0. The molecule has 1 saturated carbocycles. The Kier molecular flexibility index (Phi) is 4.17. The van der Waals surface area contributed by atoms with Gasteiger partial charge in [0.05, 0.1) is 27.6 Å². The van der Waals surface area contributed by atoms with Crippen LogP contribution in [0.2, 0.25) is 0 Å². The highest BCUT2D eigenvalue weighted by Gasteiger charge is 2.39. The van der Waals surface area contributed by atoms with Crippen LogP contribution in [-0.4, -0.2) is 36.1 Å². The summed E-state index contributed by atoms with van der Waals surface area (Å²) >= 11 is 2.22. The first-order chi connectivity index (χ1) is 7.52. The Hall–Kier alpha value is 0.640. The molecule has 0 N–H and O–H groups in total. The summed E-state index contributed by atoms with van der Waals surface area (Å²) in [6.07, 6.45) is 5.03. The van der Waals surface area contributed by atoms with Crippen molar-refractivity contribution in [3.63, 3.8) is 0 Å². The van der Waals surface area contributed by atoms with E-state index in [0.717, 1.165) is 6.42 Å². The Bertz CT molecular complexity index is 337. The van der Waals surface area contributed by atoms with Crippen LogP contribution in [0.4, 0.5) is 0 Å². The van der Waals surface area contributed by atoms with Gasteiger partial charge in [0, 0.05) is 0 Å². The second-order valence-corrected chi connectivity index (χ2v) is 8.66. The normalized spacial score (nSPS) is 35.9. The fourth-order valence-corrected chi connectivity index (χ4v) is 6.53. The van der Waals surface area contributed by atoms with Crippen LogP contribution in [0.3, 0.4) is 0 Å². The topological polar surface area (TPSA) is 43.4 Å². The van der Waals surface area contributed by atoms with Crippen molar-refractivity contribution in [2.24, 2.45) is 5.92 Å². The zero-order chi connectivity index (χ0) is 11.8. The Morgan fingerprint density at radius 3 is 2.44 bits per heavy atom. The summed E-state index contributed by atoms with van der Waals surface area (Å²) in [6, 6.07) is 0. The minimum absolute atomic E-state index is 0.0730. The van der Waals surface area contributed by atoms with E-state index in [1.54, 1.807) is 0 Å². The lowest BCUT2D eigenvalue weighted by Crippen LogP contribution is -2.35. The van der Waals surface area contributed by atoms with Crippen molar-refractivity contribution in [1.29, 1.82) is 0 Å². The Morgan fingerprint density at radius 2 is 2.06 bits per heavy atom. The number of halogens is 1. The van der Waals surface area contributed by atoms with Crippen LogP contribution in [0.15, 0.2) is 0 Å². The predicted octanol–water partition coefficient (Wildman–Crippen LogP) is 2.18. The van der Waals surface area contributed by atoms with E-state index in [4.69, 9.17) is 4.74 Å². The molecular weight excluding hydrogens is 339 g/mol. The van der Waals surface area contributed by atoms with Crippen LogP contribution in [0, 0.1) is 5.92 Å². The molecule has 2 rings (SSSR count). The summed E-state index contributed by atoms with van der Waals surface area (Å²) in [7, 11) is -2.85. The van der Waals surface area contributed by atoms with Crippen molar-refractivity contribution in [3.05, 3.63) is 0 Å². The average molecular weight is 358 g/mol. The van der Waals surface area contributed by atoms with Crippen molar-refractivity contribution < 1.29 is 13.2 Å². The van der Waals surface area contributed by atoms with Gasteiger partial charge in [0.15, 0.2) is 9.84 Å². The highest BCUT2D eigenvalue weighted by Crippen LogP contribution is 2.35. The predicted molar refractivity (Wildman–Crippen MR) is 72.8 cm³/mol. The van der Waals surface area contributed by atoms with E-state index in [1.807, 2.05) is 0 Å². The van der Waals surface area contributed by atoms with Crippen LogP contribution in [0.5, 0.6) is 0 Å². The lowest BCUT2D eigenvalue weighted by atomic mass is 9.80. The van der Waals surface area contributed by atoms with E-state index in [-0.39, 0.29) is 21.9 Å². The highest BCUT2D eigenvalue weighted by atomic mass is 127. The number of sulfone groups is 1. The molecule has 2 aliphatic rings. The molecule has 2 fully saturated rings. The molecule has 0 aromatic heterocycles. The monoisotopic (exact) mass is 358 g/mol. The lowest BCUT2D eigenvalue weighted by Gasteiger charge is -2.35. The maximum atomic E-state index is 11.5. The highest BCUT2D eigenvalue weighted by molar-refractivity contribution is 14.1. The molecule has 3 unspecified atom stereocenters. The molecule has 16 heavy (non-hydrogen) atoms. The SMILES string of the molecule is CCC(OC1CS(=O)(=O)CC1I)C1CCC1. The van der Waals surface area contributed by atoms with Gasteiger partial charge in [-0.05, 0) is 25.2 Å². The number of rotatable bonds is 4. The molecule has 5 heteroatoms. The van der Waals surface area contributed by atoms with E-state index in [0.29, 0.717) is 11.7 Å². The molecule has 3 atom stereocenters. The largest absolute Gasteiger partial charge is 0.373 e. The van der Waals surface area contributed by atoms with E-state index in [2.05, 4.69) is 29.5 Å². The molecular formula is C11H19IO3S. The first kappa shape index (κ1) is 13.1. The Balaban J connectivity index is 1.93. The van der Waals surface area contributed by atoms with Gasteiger partial charge < -0.3 is 4.74 Å². The maximum absolute atomic E-state index is 11.5. The molecule has 0 amide bonds. The number of hydrogen-bond acceptors (Lipinski definition) is 3. The fourth-order valence-electron chi connectivity index (χ4n) is 2.47. The van der Waals surface area contributed by atoms with Crippen LogP contribution in [-0.2, 0) is 14.6 Å². The number of hydrogen-bond donors (Lipinski definition) is 0. The first-order valence-electron chi connectivity index (χ1n) is 6.02. The summed E-state index contributed by atoms with van der Waals surface area (Å²) in [5.74, 6) is 1.19. The minimum atomic E-state index is -2.85. The molecule has 0 aromatic carbocycles. The van der Waals surface area contributed by atoms with Crippen LogP contribution in [0.25, 0.3) is 0 Å². The number of alkyl halides is 1.